The molecule has 1 fully saturated rings. The van der Waals surface area contributed by atoms with Crippen LogP contribution in [0.4, 0.5) is 5.69 Å². The minimum Gasteiger partial charge on any atom is -0.492 e. The zero-order chi connectivity index (χ0) is 26.3. The van der Waals surface area contributed by atoms with Crippen LogP contribution in [0.15, 0.2) is 53.0 Å². The Kier molecular flexibility index (Phi) is 9.78. The van der Waals surface area contributed by atoms with Gasteiger partial charge in [0.25, 0.3) is 0 Å². The predicted octanol–water partition coefficient (Wildman–Crippen LogP) is 4.09. The average Bonchev–Trinajstić information content (AvgIpc) is 3.34. The zero-order valence-electron chi connectivity index (χ0n) is 20.9. The molecule has 3 rings (SSSR count). The van der Waals surface area contributed by atoms with Gasteiger partial charge in [-0.15, -0.1) is 0 Å². The Morgan fingerprint density at radius 2 is 1.75 bits per heavy atom. The molecular weight excluding hydrogens is 546 g/mol. The number of carbonyl (C=O) groups is 2. The van der Waals surface area contributed by atoms with E-state index in [2.05, 4.69) is 21.2 Å². The summed E-state index contributed by atoms with van der Waals surface area (Å²) in [4.78, 5) is 28.2. The highest BCUT2D eigenvalue weighted by Gasteiger charge is 2.32. The van der Waals surface area contributed by atoms with E-state index >= 15 is 0 Å². The third kappa shape index (κ3) is 7.46. The maximum absolute atomic E-state index is 13.7. The molecule has 8 nitrogen and oxygen atoms in total. The Balaban J connectivity index is 1.90. The van der Waals surface area contributed by atoms with Gasteiger partial charge in [0, 0.05) is 17.1 Å². The van der Waals surface area contributed by atoms with Gasteiger partial charge in [0.2, 0.25) is 21.8 Å². The quantitative estimate of drug-likeness (QED) is 0.432. The van der Waals surface area contributed by atoms with Crippen molar-refractivity contribution in [2.75, 3.05) is 23.7 Å². The SMILES string of the molecule is CCOc1ccccc1N(CC(=O)N(Cc1ccc(Br)cc1)C(C)C(=O)NC1CCCC1)S(C)(=O)=O. The lowest BCUT2D eigenvalue weighted by Gasteiger charge is -2.32. The lowest BCUT2D eigenvalue weighted by molar-refractivity contribution is -0.139. The summed E-state index contributed by atoms with van der Waals surface area (Å²) in [5.41, 5.74) is 1.11. The Morgan fingerprint density at radius 3 is 2.36 bits per heavy atom. The van der Waals surface area contributed by atoms with E-state index in [1.165, 1.54) is 4.90 Å². The first-order chi connectivity index (χ1) is 17.1. The number of carbonyl (C=O) groups excluding carboxylic acids is 2. The van der Waals surface area contributed by atoms with Gasteiger partial charge in [0.1, 0.15) is 18.3 Å². The number of nitrogens with one attached hydrogen (secondary N) is 1. The molecule has 0 aliphatic heterocycles. The number of para-hydroxylation sites is 2. The van der Waals surface area contributed by atoms with Crippen molar-refractivity contribution in [3.05, 3.63) is 58.6 Å². The fraction of sp³-hybridized carbons (Fsp3) is 0.462. The fourth-order valence-electron chi connectivity index (χ4n) is 4.30. The highest BCUT2D eigenvalue weighted by molar-refractivity contribution is 9.10. The van der Waals surface area contributed by atoms with Crippen LogP contribution in [0.2, 0.25) is 0 Å². The molecule has 0 aromatic heterocycles. The molecule has 0 spiro atoms. The van der Waals surface area contributed by atoms with Crippen molar-refractivity contribution in [3.63, 3.8) is 0 Å². The molecule has 1 atom stereocenters. The summed E-state index contributed by atoms with van der Waals surface area (Å²) < 4.78 is 33.1. The van der Waals surface area contributed by atoms with Gasteiger partial charge in [-0.2, -0.15) is 0 Å². The van der Waals surface area contributed by atoms with E-state index in [1.807, 2.05) is 24.3 Å². The lowest BCUT2D eigenvalue weighted by Crippen LogP contribution is -2.52. The maximum atomic E-state index is 13.7. The fourth-order valence-corrected chi connectivity index (χ4v) is 5.41. The van der Waals surface area contributed by atoms with E-state index in [1.54, 1.807) is 38.1 Å². The number of sulfonamides is 1. The summed E-state index contributed by atoms with van der Waals surface area (Å²) in [5.74, 6) is -0.360. The molecule has 1 aliphatic carbocycles. The molecule has 36 heavy (non-hydrogen) atoms. The Labute approximate surface area is 222 Å². The second-order valence-electron chi connectivity index (χ2n) is 8.98. The van der Waals surface area contributed by atoms with Crippen LogP contribution < -0.4 is 14.4 Å². The Hall–Kier alpha value is -2.59. The van der Waals surface area contributed by atoms with Gasteiger partial charge in [0.15, 0.2) is 0 Å². The van der Waals surface area contributed by atoms with Gasteiger partial charge in [-0.3, -0.25) is 13.9 Å². The molecule has 1 unspecified atom stereocenters. The first-order valence-electron chi connectivity index (χ1n) is 12.1. The molecular formula is C26H34BrN3O5S. The summed E-state index contributed by atoms with van der Waals surface area (Å²) in [6.45, 7) is 3.53. The highest BCUT2D eigenvalue weighted by atomic mass is 79.9. The van der Waals surface area contributed by atoms with Crippen molar-refractivity contribution >= 4 is 43.5 Å². The summed E-state index contributed by atoms with van der Waals surface area (Å²) >= 11 is 3.41. The van der Waals surface area contributed by atoms with E-state index in [-0.39, 0.29) is 24.2 Å². The van der Waals surface area contributed by atoms with E-state index in [4.69, 9.17) is 4.74 Å². The molecule has 0 saturated heterocycles. The number of hydrogen-bond acceptors (Lipinski definition) is 5. The molecule has 2 aromatic rings. The molecule has 2 aromatic carbocycles. The van der Waals surface area contributed by atoms with Gasteiger partial charge in [-0.25, -0.2) is 8.42 Å². The van der Waals surface area contributed by atoms with Crippen LogP contribution >= 0.6 is 15.9 Å². The first kappa shape index (κ1) is 28.0. The molecule has 1 N–H and O–H groups in total. The van der Waals surface area contributed by atoms with E-state index < -0.39 is 28.5 Å². The summed E-state index contributed by atoms with van der Waals surface area (Å²) in [5, 5.41) is 3.06. The molecule has 0 radical (unpaired) electrons. The van der Waals surface area contributed by atoms with Gasteiger partial charge in [-0.05, 0) is 56.5 Å². The molecule has 1 aliphatic rings. The number of rotatable bonds is 11. The van der Waals surface area contributed by atoms with Crippen LogP contribution in [0, 0.1) is 0 Å². The van der Waals surface area contributed by atoms with Crippen LogP contribution in [-0.2, 0) is 26.2 Å². The van der Waals surface area contributed by atoms with Crippen LogP contribution in [0.1, 0.15) is 45.1 Å². The van der Waals surface area contributed by atoms with Gasteiger partial charge < -0.3 is 15.0 Å². The third-order valence-electron chi connectivity index (χ3n) is 6.25. The molecule has 196 valence electrons. The average molecular weight is 581 g/mol. The van der Waals surface area contributed by atoms with Crippen molar-refractivity contribution in [2.45, 2.75) is 58.2 Å². The van der Waals surface area contributed by atoms with E-state index in [0.29, 0.717) is 12.4 Å². The van der Waals surface area contributed by atoms with E-state index in [9.17, 15) is 18.0 Å². The maximum Gasteiger partial charge on any atom is 0.244 e. The lowest BCUT2D eigenvalue weighted by atomic mass is 10.1. The van der Waals surface area contributed by atoms with Crippen molar-refractivity contribution in [2.24, 2.45) is 0 Å². The normalized spacial score (nSPS) is 14.8. The monoisotopic (exact) mass is 579 g/mol. The molecule has 10 heteroatoms. The van der Waals surface area contributed by atoms with Gasteiger partial charge in [0.05, 0.1) is 18.6 Å². The largest absolute Gasteiger partial charge is 0.492 e. The molecule has 2 amide bonds. The third-order valence-corrected chi connectivity index (χ3v) is 7.90. The van der Waals surface area contributed by atoms with E-state index in [0.717, 1.165) is 46.3 Å². The second kappa shape index (κ2) is 12.6. The predicted molar refractivity (Wildman–Crippen MR) is 144 cm³/mol. The second-order valence-corrected chi connectivity index (χ2v) is 11.8. The first-order valence-corrected chi connectivity index (χ1v) is 14.8. The van der Waals surface area contributed by atoms with Crippen molar-refractivity contribution < 1.29 is 22.7 Å². The Morgan fingerprint density at radius 1 is 1.11 bits per heavy atom. The Bertz CT molecular complexity index is 1150. The minimum absolute atomic E-state index is 0.107. The zero-order valence-corrected chi connectivity index (χ0v) is 23.3. The molecule has 0 heterocycles. The van der Waals surface area contributed by atoms with Crippen LogP contribution in [-0.4, -0.2) is 56.6 Å². The van der Waals surface area contributed by atoms with Crippen molar-refractivity contribution in [1.82, 2.24) is 10.2 Å². The van der Waals surface area contributed by atoms with Crippen LogP contribution in [0.25, 0.3) is 0 Å². The van der Waals surface area contributed by atoms with Crippen molar-refractivity contribution in [1.29, 1.82) is 0 Å². The van der Waals surface area contributed by atoms with Gasteiger partial charge >= 0.3 is 0 Å². The van der Waals surface area contributed by atoms with Gasteiger partial charge in [-0.1, -0.05) is 53.0 Å². The topological polar surface area (TPSA) is 96.0 Å². The highest BCUT2D eigenvalue weighted by Crippen LogP contribution is 2.30. The number of amides is 2. The number of anilines is 1. The minimum atomic E-state index is -3.83. The number of nitrogens with zero attached hydrogens (tertiary/aromatic N) is 2. The number of benzene rings is 2. The number of ether oxygens (including phenoxy) is 1. The van der Waals surface area contributed by atoms with Crippen molar-refractivity contribution in [3.8, 4) is 5.75 Å². The van der Waals surface area contributed by atoms with Crippen LogP contribution in [0.5, 0.6) is 5.75 Å². The van der Waals surface area contributed by atoms with Crippen LogP contribution in [0.3, 0.4) is 0 Å². The standard InChI is InChI=1S/C26H34BrN3O5S/c1-4-35-24-12-8-7-11-23(24)30(36(3,33)34)18-25(31)29(17-20-13-15-21(27)16-14-20)19(2)26(32)28-22-9-5-6-10-22/h7-8,11-16,19,22H,4-6,9-10,17-18H2,1-3H3,(H,28,32). The smallest absolute Gasteiger partial charge is 0.244 e. The number of hydrogen-bond donors (Lipinski definition) is 1. The summed E-state index contributed by atoms with van der Waals surface area (Å²) in [7, 11) is -3.83. The molecule has 1 saturated carbocycles. The molecule has 0 bridgehead atoms. The number of halogens is 1. The summed E-state index contributed by atoms with van der Waals surface area (Å²) in [6, 6.07) is 13.5. The summed E-state index contributed by atoms with van der Waals surface area (Å²) in [6.07, 6.45) is 5.05.